The summed E-state index contributed by atoms with van der Waals surface area (Å²) in [6.45, 7) is 0. The first-order valence-electron chi connectivity index (χ1n) is 1.92. The summed E-state index contributed by atoms with van der Waals surface area (Å²) >= 11 is 1.64. The van der Waals surface area contributed by atoms with Crippen molar-refractivity contribution in [3.05, 3.63) is 11.5 Å². The van der Waals surface area contributed by atoms with E-state index in [-0.39, 0.29) is 0 Å². The zero-order valence-electron chi connectivity index (χ0n) is 3.66. The molecule has 7 heavy (non-hydrogen) atoms. The second-order valence-corrected chi connectivity index (χ2v) is 2.10. The van der Waals surface area contributed by atoms with Gasteiger partial charge < -0.3 is 5.21 Å². The molecular formula is C4H5NOS. The van der Waals surface area contributed by atoms with E-state index in [0.29, 0.717) is 0 Å². The summed E-state index contributed by atoms with van der Waals surface area (Å²) in [4.78, 5) is 0. The van der Waals surface area contributed by atoms with Gasteiger partial charge in [-0.1, -0.05) is 5.16 Å². The lowest BCUT2D eigenvalue weighted by molar-refractivity contribution is 0.319. The average Bonchev–Trinajstić information content (AvgIpc) is 2.14. The highest BCUT2D eigenvalue weighted by molar-refractivity contribution is 8.03. The van der Waals surface area contributed by atoms with Gasteiger partial charge in [0, 0.05) is 5.75 Å². The summed E-state index contributed by atoms with van der Waals surface area (Å²) in [5, 5.41) is 13.0. The van der Waals surface area contributed by atoms with Gasteiger partial charge in [-0.2, -0.15) is 0 Å². The molecule has 1 aliphatic rings. The molecule has 0 aromatic rings. The number of thioether (sulfide) groups is 1. The monoisotopic (exact) mass is 115 g/mol. The molecule has 1 N–H and O–H groups in total. The van der Waals surface area contributed by atoms with Crippen LogP contribution in [0.5, 0.6) is 0 Å². The number of hydrogen-bond donors (Lipinski definition) is 1. The van der Waals surface area contributed by atoms with E-state index >= 15 is 0 Å². The SMILES string of the molecule is ON=C1C=CSC1. The van der Waals surface area contributed by atoms with Crippen LogP contribution in [0.1, 0.15) is 0 Å². The van der Waals surface area contributed by atoms with Crippen molar-refractivity contribution in [1.82, 2.24) is 0 Å². The minimum Gasteiger partial charge on any atom is -0.411 e. The predicted octanol–water partition coefficient (Wildman–Crippen LogP) is 1.08. The van der Waals surface area contributed by atoms with E-state index < -0.39 is 0 Å². The molecule has 0 aromatic heterocycles. The zero-order chi connectivity index (χ0) is 5.11. The van der Waals surface area contributed by atoms with E-state index in [2.05, 4.69) is 5.16 Å². The quantitative estimate of drug-likeness (QED) is 0.378. The third-order valence-electron chi connectivity index (χ3n) is 0.716. The van der Waals surface area contributed by atoms with Gasteiger partial charge in [-0.05, 0) is 11.5 Å². The third-order valence-corrected chi connectivity index (χ3v) is 1.51. The maximum Gasteiger partial charge on any atom is 0.0903 e. The Bertz CT molecular complexity index is 116. The standard InChI is InChI=1S/C4H5NOS/c6-5-4-1-2-7-3-4/h1-2,6H,3H2. The van der Waals surface area contributed by atoms with Crippen molar-refractivity contribution in [2.75, 3.05) is 5.75 Å². The van der Waals surface area contributed by atoms with Crippen molar-refractivity contribution in [2.45, 2.75) is 0 Å². The Hall–Kier alpha value is -0.440. The number of nitrogens with zero attached hydrogens (tertiary/aromatic N) is 1. The van der Waals surface area contributed by atoms with Gasteiger partial charge in [-0.15, -0.1) is 11.8 Å². The summed E-state index contributed by atoms with van der Waals surface area (Å²) in [6, 6.07) is 0. The molecule has 0 saturated heterocycles. The Balaban J connectivity index is 2.59. The van der Waals surface area contributed by atoms with Crippen LogP contribution in [0.4, 0.5) is 0 Å². The van der Waals surface area contributed by atoms with Gasteiger partial charge in [0.1, 0.15) is 0 Å². The molecule has 1 aliphatic heterocycles. The fourth-order valence-electron chi connectivity index (χ4n) is 0.370. The van der Waals surface area contributed by atoms with Gasteiger partial charge >= 0.3 is 0 Å². The second kappa shape index (κ2) is 2.02. The topological polar surface area (TPSA) is 32.6 Å². The molecule has 0 amide bonds. The Labute approximate surface area is 45.9 Å². The van der Waals surface area contributed by atoms with Crippen molar-refractivity contribution in [1.29, 1.82) is 0 Å². The lowest BCUT2D eigenvalue weighted by atomic mass is 10.4. The van der Waals surface area contributed by atoms with Crippen molar-refractivity contribution in [3.63, 3.8) is 0 Å². The Morgan fingerprint density at radius 3 is 3.00 bits per heavy atom. The van der Waals surface area contributed by atoms with Crippen molar-refractivity contribution < 1.29 is 5.21 Å². The van der Waals surface area contributed by atoms with E-state index in [1.54, 1.807) is 17.8 Å². The molecule has 38 valence electrons. The molecule has 0 bridgehead atoms. The number of hydrogen-bond acceptors (Lipinski definition) is 3. The fourth-order valence-corrected chi connectivity index (χ4v) is 1.04. The second-order valence-electron chi connectivity index (χ2n) is 1.21. The van der Waals surface area contributed by atoms with Crippen LogP contribution in [0.2, 0.25) is 0 Å². The Morgan fingerprint density at radius 2 is 2.71 bits per heavy atom. The number of oxime groups is 1. The summed E-state index contributed by atoms with van der Waals surface area (Å²) in [6.07, 6.45) is 1.80. The van der Waals surface area contributed by atoms with E-state index in [1.165, 1.54) is 0 Å². The molecule has 0 spiro atoms. The van der Waals surface area contributed by atoms with Crippen LogP contribution >= 0.6 is 11.8 Å². The summed E-state index contributed by atoms with van der Waals surface area (Å²) in [5.74, 6) is 0.816. The highest BCUT2D eigenvalue weighted by Gasteiger charge is 1.98. The lowest BCUT2D eigenvalue weighted by Crippen LogP contribution is -1.89. The van der Waals surface area contributed by atoms with Crippen LogP contribution < -0.4 is 0 Å². The third kappa shape index (κ3) is 0.962. The first-order chi connectivity index (χ1) is 3.43. The summed E-state index contributed by atoms with van der Waals surface area (Å²) in [7, 11) is 0. The largest absolute Gasteiger partial charge is 0.411 e. The molecule has 0 atom stereocenters. The molecule has 0 aliphatic carbocycles. The molecule has 0 saturated carbocycles. The maximum absolute atomic E-state index is 8.09. The van der Waals surface area contributed by atoms with Gasteiger partial charge in [0.05, 0.1) is 5.71 Å². The van der Waals surface area contributed by atoms with Crippen molar-refractivity contribution >= 4 is 17.5 Å². The highest BCUT2D eigenvalue weighted by atomic mass is 32.2. The van der Waals surface area contributed by atoms with Gasteiger partial charge in [-0.3, -0.25) is 0 Å². The molecule has 1 heterocycles. The van der Waals surface area contributed by atoms with E-state index in [0.717, 1.165) is 11.5 Å². The molecular weight excluding hydrogens is 110 g/mol. The molecule has 0 fully saturated rings. The predicted molar refractivity (Wildman–Crippen MR) is 30.8 cm³/mol. The van der Waals surface area contributed by atoms with E-state index in [4.69, 9.17) is 5.21 Å². The Kier molecular flexibility index (Phi) is 1.36. The van der Waals surface area contributed by atoms with Gasteiger partial charge in [0.25, 0.3) is 0 Å². The van der Waals surface area contributed by atoms with Gasteiger partial charge in [0.2, 0.25) is 0 Å². The van der Waals surface area contributed by atoms with E-state index in [9.17, 15) is 0 Å². The first-order valence-corrected chi connectivity index (χ1v) is 2.97. The minimum atomic E-state index is 0.755. The molecule has 0 radical (unpaired) electrons. The molecule has 2 nitrogen and oxygen atoms in total. The van der Waals surface area contributed by atoms with Crippen LogP contribution in [-0.2, 0) is 0 Å². The van der Waals surface area contributed by atoms with Crippen LogP contribution in [0, 0.1) is 0 Å². The maximum atomic E-state index is 8.09. The van der Waals surface area contributed by atoms with Gasteiger partial charge in [0.15, 0.2) is 0 Å². The summed E-state index contributed by atoms with van der Waals surface area (Å²) in [5.41, 5.74) is 0.755. The van der Waals surface area contributed by atoms with Crippen LogP contribution in [0.3, 0.4) is 0 Å². The molecule has 0 unspecified atom stereocenters. The number of rotatable bonds is 0. The van der Waals surface area contributed by atoms with Crippen molar-refractivity contribution in [3.8, 4) is 0 Å². The average molecular weight is 115 g/mol. The molecule has 1 rings (SSSR count). The minimum absolute atomic E-state index is 0.755. The van der Waals surface area contributed by atoms with Crippen LogP contribution in [0.25, 0.3) is 0 Å². The van der Waals surface area contributed by atoms with Crippen molar-refractivity contribution in [2.24, 2.45) is 5.16 Å². The van der Waals surface area contributed by atoms with Crippen LogP contribution in [0.15, 0.2) is 16.6 Å². The Morgan fingerprint density at radius 1 is 1.86 bits per heavy atom. The first kappa shape index (κ1) is 4.71. The van der Waals surface area contributed by atoms with Crippen LogP contribution in [-0.4, -0.2) is 16.7 Å². The highest BCUT2D eigenvalue weighted by Crippen LogP contribution is 2.10. The smallest absolute Gasteiger partial charge is 0.0903 e. The van der Waals surface area contributed by atoms with E-state index in [1.807, 2.05) is 5.41 Å². The number of allylic oxidation sites excluding steroid dienone is 1. The van der Waals surface area contributed by atoms with Gasteiger partial charge in [-0.25, -0.2) is 0 Å². The fraction of sp³-hybridized carbons (Fsp3) is 0.250. The zero-order valence-corrected chi connectivity index (χ0v) is 4.48. The summed E-state index contributed by atoms with van der Waals surface area (Å²) < 4.78 is 0. The molecule has 3 heteroatoms. The molecule has 0 aromatic carbocycles. The normalized spacial score (nSPS) is 24.3. The lowest BCUT2D eigenvalue weighted by Gasteiger charge is -1.80.